The Morgan fingerprint density at radius 3 is 2.31 bits per heavy atom. The zero-order chi connectivity index (χ0) is 18.6. The number of halogens is 3. The molecule has 26 heavy (non-hydrogen) atoms. The van der Waals surface area contributed by atoms with Crippen LogP contribution in [0.5, 0.6) is 0 Å². The fraction of sp³-hybridized carbons (Fsp3) is 0.316. The fourth-order valence-corrected chi connectivity index (χ4v) is 3.02. The number of para-hydroxylation sites is 1. The van der Waals surface area contributed by atoms with Crippen LogP contribution in [-0.4, -0.2) is 19.1 Å². The number of anilines is 2. The lowest BCUT2D eigenvalue weighted by molar-refractivity contribution is -0.137. The third-order valence-corrected chi connectivity index (χ3v) is 4.35. The van der Waals surface area contributed by atoms with E-state index in [1.54, 1.807) is 0 Å². The van der Waals surface area contributed by atoms with E-state index in [9.17, 15) is 18.0 Å². The molecular weight excluding hydrogens is 343 g/mol. The maximum Gasteiger partial charge on any atom is 0.416 e. The van der Waals surface area contributed by atoms with Gasteiger partial charge >= 0.3 is 12.2 Å². The topological polar surface area (TPSA) is 44.4 Å². The molecule has 0 saturated carbocycles. The van der Waals surface area contributed by atoms with E-state index in [2.05, 4.69) is 15.5 Å². The normalized spacial score (nSPS) is 14.3. The van der Waals surface area contributed by atoms with E-state index < -0.39 is 17.8 Å². The van der Waals surface area contributed by atoms with E-state index in [1.165, 1.54) is 12.1 Å². The summed E-state index contributed by atoms with van der Waals surface area (Å²) in [6, 6.07) is 11.8. The Morgan fingerprint density at radius 2 is 1.65 bits per heavy atom. The van der Waals surface area contributed by atoms with Gasteiger partial charge in [0.25, 0.3) is 0 Å². The molecule has 1 aliphatic heterocycles. The van der Waals surface area contributed by atoms with E-state index in [0.29, 0.717) is 12.2 Å². The lowest BCUT2D eigenvalue weighted by atomic mass is 10.1. The second kappa shape index (κ2) is 7.68. The van der Waals surface area contributed by atoms with Crippen LogP contribution in [0, 0.1) is 0 Å². The predicted molar refractivity (Wildman–Crippen MR) is 95.2 cm³/mol. The summed E-state index contributed by atoms with van der Waals surface area (Å²) in [5, 5.41) is 5.31. The number of amides is 2. The van der Waals surface area contributed by atoms with Gasteiger partial charge < -0.3 is 15.5 Å². The molecular formula is C19H20F3N3O. The van der Waals surface area contributed by atoms with Crippen LogP contribution in [0.3, 0.4) is 0 Å². The number of carbonyl (C=O) groups is 1. The van der Waals surface area contributed by atoms with Gasteiger partial charge in [-0.1, -0.05) is 18.2 Å². The van der Waals surface area contributed by atoms with Gasteiger partial charge in [-0.05, 0) is 48.7 Å². The summed E-state index contributed by atoms with van der Waals surface area (Å²) in [6.45, 7) is 2.36. The summed E-state index contributed by atoms with van der Waals surface area (Å²) >= 11 is 0. The van der Waals surface area contributed by atoms with Gasteiger partial charge in [0.05, 0.1) is 5.56 Å². The third kappa shape index (κ3) is 4.47. The molecule has 0 spiro atoms. The number of carbonyl (C=O) groups excluding carboxylic acids is 1. The first-order valence-electron chi connectivity index (χ1n) is 8.48. The second-order valence-corrected chi connectivity index (χ2v) is 6.21. The minimum absolute atomic E-state index is 0.309. The SMILES string of the molecule is O=C(NCc1ccccc1N1CCCC1)Nc1ccc(C(F)(F)F)cc1. The van der Waals surface area contributed by atoms with Crippen LogP contribution in [0.1, 0.15) is 24.0 Å². The van der Waals surface area contributed by atoms with E-state index in [1.807, 2.05) is 24.3 Å². The number of hydrogen-bond acceptors (Lipinski definition) is 2. The summed E-state index contributed by atoms with van der Waals surface area (Å²) in [5.74, 6) is 0. The summed E-state index contributed by atoms with van der Waals surface area (Å²) < 4.78 is 37.7. The Kier molecular flexibility index (Phi) is 5.35. The van der Waals surface area contributed by atoms with Gasteiger partial charge in [0.2, 0.25) is 0 Å². The van der Waals surface area contributed by atoms with Crippen LogP contribution >= 0.6 is 0 Å². The highest BCUT2D eigenvalue weighted by Gasteiger charge is 2.30. The van der Waals surface area contributed by atoms with Gasteiger partial charge in [-0.3, -0.25) is 0 Å². The highest BCUT2D eigenvalue weighted by atomic mass is 19.4. The minimum Gasteiger partial charge on any atom is -0.371 e. The number of nitrogens with one attached hydrogen (secondary N) is 2. The molecule has 4 nitrogen and oxygen atoms in total. The fourth-order valence-electron chi connectivity index (χ4n) is 3.02. The largest absolute Gasteiger partial charge is 0.416 e. The maximum atomic E-state index is 12.6. The van der Waals surface area contributed by atoms with Gasteiger partial charge in [-0.2, -0.15) is 13.2 Å². The Labute approximate surface area is 150 Å². The molecule has 0 radical (unpaired) electrons. The van der Waals surface area contributed by atoms with Gasteiger partial charge in [0.1, 0.15) is 0 Å². The number of nitrogens with zero attached hydrogens (tertiary/aromatic N) is 1. The molecule has 2 N–H and O–H groups in total. The van der Waals surface area contributed by atoms with Crippen molar-refractivity contribution in [1.29, 1.82) is 0 Å². The van der Waals surface area contributed by atoms with Crippen molar-refractivity contribution in [2.45, 2.75) is 25.6 Å². The zero-order valence-electron chi connectivity index (χ0n) is 14.1. The number of alkyl halides is 3. The van der Waals surface area contributed by atoms with Crippen molar-refractivity contribution in [1.82, 2.24) is 5.32 Å². The summed E-state index contributed by atoms with van der Waals surface area (Å²) in [5.41, 5.74) is 1.68. The van der Waals surface area contributed by atoms with Gasteiger partial charge in [0.15, 0.2) is 0 Å². The average Bonchev–Trinajstić information content (AvgIpc) is 3.14. The van der Waals surface area contributed by atoms with Crippen LogP contribution < -0.4 is 15.5 Å². The van der Waals surface area contributed by atoms with Crippen molar-refractivity contribution in [2.75, 3.05) is 23.3 Å². The Hall–Kier alpha value is -2.70. The van der Waals surface area contributed by atoms with Crippen molar-refractivity contribution in [3.63, 3.8) is 0 Å². The van der Waals surface area contributed by atoms with Gasteiger partial charge in [-0.15, -0.1) is 0 Å². The van der Waals surface area contributed by atoms with E-state index in [4.69, 9.17) is 0 Å². The standard InChI is InChI=1S/C19H20F3N3O/c20-19(21,22)15-7-9-16(10-8-15)24-18(26)23-13-14-5-1-2-6-17(14)25-11-3-4-12-25/h1-2,5-10H,3-4,11-13H2,(H2,23,24,26). The molecule has 2 aromatic carbocycles. The molecule has 1 fully saturated rings. The molecule has 0 bridgehead atoms. The quantitative estimate of drug-likeness (QED) is 0.832. The monoisotopic (exact) mass is 363 g/mol. The smallest absolute Gasteiger partial charge is 0.371 e. The summed E-state index contributed by atoms with van der Waals surface area (Å²) in [7, 11) is 0. The predicted octanol–water partition coefficient (Wildman–Crippen LogP) is 4.63. The van der Waals surface area contributed by atoms with Crippen LogP contribution in [0.15, 0.2) is 48.5 Å². The average molecular weight is 363 g/mol. The van der Waals surface area contributed by atoms with E-state index in [0.717, 1.165) is 49.3 Å². The number of benzene rings is 2. The lowest BCUT2D eigenvalue weighted by Gasteiger charge is -2.21. The van der Waals surface area contributed by atoms with Crippen LogP contribution in [0.25, 0.3) is 0 Å². The number of hydrogen-bond donors (Lipinski definition) is 2. The highest BCUT2D eigenvalue weighted by Crippen LogP contribution is 2.29. The molecule has 3 rings (SSSR count). The van der Waals surface area contributed by atoms with Crippen LogP contribution in [0.4, 0.5) is 29.3 Å². The summed E-state index contributed by atoms with van der Waals surface area (Å²) in [6.07, 6.45) is -2.06. The van der Waals surface area contributed by atoms with Gasteiger partial charge in [0, 0.05) is 31.0 Å². The van der Waals surface area contributed by atoms with Crippen molar-refractivity contribution < 1.29 is 18.0 Å². The van der Waals surface area contributed by atoms with E-state index in [-0.39, 0.29) is 0 Å². The molecule has 7 heteroatoms. The molecule has 0 aliphatic carbocycles. The number of urea groups is 1. The molecule has 0 aromatic heterocycles. The minimum atomic E-state index is -4.39. The van der Waals surface area contributed by atoms with Crippen molar-refractivity contribution in [3.05, 3.63) is 59.7 Å². The molecule has 2 amide bonds. The lowest BCUT2D eigenvalue weighted by Crippen LogP contribution is -2.29. The van der Waals surface area contributed by atoms with E-state index >= 15 is 0 Å². The third-order valence-electron chi connectivity index (χ3n) is 4.35. The Bertz CT molecular complexity index is 753. The Morgan fingerprint density at radius 1 is 1.00 bits per heavy atom. The first-order valence-corrected chi connectivity index (χ1v) is 8.48. The molecule has 138 valence electrons. The molecule has 1 aliphatic rings. The summed E-state index contributed by atoms with van der Waals surface area (Å²) in [4.78, 5) is 14.3. The molecule has 2 aromatic rings. The first-order chi connectivity index (χ1) is 12.4. The molecule has 1 heterocycles. The molecule has 0 unspecified atom stereocenters. The zero-order valence-corrected chi connectivity index (χ0v) is 14.1. The second-order valence-electron chi connectivity index (χ2n) is 6.21. The van der Waals surface area contributed by atoms with Crippen LogP contribution in [0.2, 0.25) is 0 Å². The van der Waals surface area contributed by atoms with Crippen LogP contribution in [-0.2, 0) is 12.7 Å². The Balaban J connectivity index is 1.58. The van der Waals surface area contributed by atoms with Crippen molar-refractivity contribution in [3.8, 4) is 0 Å². The van der Waals surface area contributed by atoms with Crippen molar-refractivity contribution in [2.24, 2.45) is 0 Å². The molecule has 1 saturated heterocycles. The van der Waals surface area contributed by atoms with Gasteiger partial charge in [-0.25, -0.2) is 4.79 Å². The first kappa shape index (κ1) is 18.1. The van der Waals surface area contributed by atoms with Crippen molar-refractivity contribution >= 4 is 17.4 Å². The maximum absolute atomic E-state index is 12.6. The highest BCUT2D eigenvalue weighted by molar-refractivity contribution is 5.89. The molecule has 0 atom stereocenters. The number of rotatable bonds is 4.